The molecule has 0 radical (unpaired) electrons. The summed E-state index contributed by atoms with van der Waals surface area (Å²) >= 11 is 0. The molecule has 0 aromatic heterocycles. The quantitative estimate of drug-likeness (QED) is 0.703. The van der Waals surface area contributed by atoms with E-state index in [4.69, 9.17) is 0 Å². The lowest BCUT2D eigenvalue weighted by molar-refractivity contribution is -0.145. The fraction of sp³-hybridized carbons (Fsp3) is 0.917. The van der Waals surface area contributed by atoms with Gasteiger partial charge in [-0.05, 0) is 39.4 Å². The number of rotatable bonds is 2. The minimum Gasteiger partial charge on any atom is -0.480 e. The van der Waals surface area contributed by atoms with Gasteiger partial charge in [-0.15, -0.1) is 0 Å². The summed E-state index contributed by atoms with van der Waals surface area (Å²) in [5, 5.41) is 12.4. The third-order valence-corrected chi connectivity index (χ3v) is 3.96. The van der Waals surface area contributed by atoms with Crippen molar-refractivity contribution in [1.82, 2.24) is 15.1 Å². The highest BCUT2D eigenvalue weighted by molar-refractivity contribution is 5.74. The predicted molar refractivity (Wildman–Crippen MR) is 66.1 cm³/mol. The largest absolute Gasteiger partial charge is 0.480 e. The maximum absolute atomic E-state index is 11.3. The van der Waals surface area contributed by atoms with Gasteiger partial charge in [0.2, 0.25) is 0 Å². The molecule has 5 heteroatoms. The summed E-state index contributed by atoms with van der Waals surface area (Å²) < 4.78 is 0. The minimum absolute atomic E-state index is 0.336. The zero-order chi connectivity index (χ0) is 12.3. The number of hydrogen-bond acceptors (Lipinski definition) is 4. The van der Waals surface area contributed by atoms with Gasteiger partial charge in [0.15, 0.2) is 0 Å². The van der Waals surface area contributed by atoms with E-state index < -0.39 is 5.97 Å². The van der Waals surface area contributed by atoms with Gasteiger partial charge in [-0.1, -0.05) is 0 Å². The highest BCUT2D eigenvalue weighted by Crippen LogP contribution is 2.19. The predicted octanol–water partition coefficient (Wildman–Crippen LogP) is -0.171. The Labute approximate surface area is 103 Å². The Morgan fingerprint density at radius 1 is 1.29 bits per heavy atom. The van der Waals surface area contributed by atoms with Crippen molar-refractivity contribution >= 4 is 5.97 Å². The van der Waals surface area contributed by atoms with Gasteiger partial charge < -0.3 is 15.3 Å². The first kappa shape index (κ1) is 12.8. The van der Waals surface area contributed by atoms with Gasteiger partial charge in [0.05, 0.1) is 0 Å². The molecule has 2 N–H and O–H groups in total. The summed E-state index contributed by atoms with van der Waals surface area (Å²) in [5.41, 5.74) is 0. The normalized spacial score (nSPS) is 33.2. The topological polar surface area (TPSA) is 55.8 Å². The molecule has 2 heterocycles. The van der Waals surface area contributed by atoms with Gasteiger partial charge in [0.1, 0.15) is 6.04 Å². The number of likely N-dealkylation sites (tertiary alicyclic amines) is 1. The van der Waals surface area contributed by atoms with Crippen molar-refractivity contribution in [1.29, 1.82) is 0 Å². The van der Waals surface area contributed by atoms with Crippen LogP contribution in [0, 0.1) is 0 Å². The lowest BCUT2D eigenvalue weighted by atomic mass is 10.0. The van der Waals surface area contributed by atoms with E-state index in [2.05, 4.69) is 22.2 Å². The highest BCUT2D eigenvalue weighted by Gasteiger charge is 2.33. The van der Waals surface area contributed by atoms with Crippen LogP contribution in [0.4, 0.5) is 0 Å². The zero-order valence-corrected chi connectivity index (χ0v) is 10.6. The van der Waals surface area contributed by atoms with Gasteiger partial charge in [0.25, 0.3) is 0 Å². The van der Waals surface area contributed by atoms with Crippen LogP contribution < -0.4 is 5.32 Å². The molecule has 2 unspecified atom stereocenters. The molecular formula is C12H23N3O2. The molecule has 5 nitrogen and oxygen atoms in total. The summed E-state index contributed by atoms with van der Waals surface area (Å²) in [6, 6.07) is 0.111. The molecule has 0 amide bonds. The van der Waals surface area contributed by atoms with Crippen molar-refractivity contribution in [2.24, 2.45) is 0 Å². The van der Waals surface area contributed by atoms with Gasteiger partial charge in [0, 0.05) is 25.7 Å². The van der Waals surface area contributed by atoms with Crippen LogP contribution in [-0.2, 0) is 4.79 Å². The van der Waals surface area contributed by atoms with E-state index >= 15 is 0 Å². The number of nitrogens with zero attached hydrogens (tertiary/aromatic N) is 2. The lowest BCUT2D eigenvalue weighted by Gasteiger charge is -2.39. The van der Waals surface area contributed by atoms with E-state index in [-0.39, 0.29) is 6.04 Å². The molecule has 2 rings (SSSR count). The minimum atomic E-state index is -0.685. The van der Waals surface area contributed by atoms with Crippen molar-refractivity contribution < 1.29 is 9.90 Å². The third-order valence-electron chi connectivity index (χ3n) is 3.96. The summed E-state index contributed by atoms with van der Waals surface area (Å²) in [6.07, 6.45) is 3.41. The van der Waals surface area contributed by atoms with E-state index in [0.717, 1.165) is 39.0 Å². The molecule has 2 fully saturated rings. The Morgan fingerprint density at radius 3 is 2.88 bits per heavy atom. The molecule has 0 spiro atoms. The Hall–Kier alpha value is -0.650. The molecule has 0 aromatic rings. The van der Waals surface area contributed by atoms with Gasteiger partial charge in [-0.25, -0.2) is 0 Å². The highest BCUT2D eigenvalue weighted by atomic mass is 16.4. The Kier molecular flexibility index (Phi) is 4.36. The van der Waals surface area contributed by atoms with E-state index in [0.29, 0.717) is 12.6 Å². The van der Waals surface area contributed by atoms with E-state index in [1.807, 2.05) is 0 Å². The number of carboxylic acids is 1. The Balaban J connectivity index is 2.00. The molecule has 17 heavy (non-hydrogen) atoms. The molecule has 0 aromatic carbocycles. The Bertz CT molecular complexity index is 272. The van der Waals surface area contributed by atoms with Gasteiger partial charge in [-0.2, -0.15) is 0 Å². The van der Waals surface area contributed by atoms with Crippen LogP contribution in [0.3, 0.4) is 0 Å². The molecule has 0 bridgehead atoms. The second-order valence-electron chi connectivity index (χ2n) is 5.18. The van der Waals surface area contributed by atoms with Crippen LogP contribution in [0.5, 0.6) is 0 Å². The van der Waals surface area contributed by atoms with Crippen LogP contribution in [0.15, 0.2) is 0 Å². The number of piperazine rings is 1. The zero-order valence-electron chi connectivity index (χ0n) is 10.6. The third kappa shape index (κ3) is 3.18. The summed E-state index contributed by atoms with van der Waals surface area (Å²) in [6.45, 7) is 4.59. The molecule has 2 aliphatic heterocycles. The van der Waals surface area contributed by atoms with E-state index in [1.165, 1.54) is 6.42 Å². The maximum atomic E-state index is 11.3. The van der Waals surface area contributed by atoms with Crippen molar-refractivity contribution in [2.75, 3.05) is 39.8 Å². The fourth-order valence-electron chi connectivity index (χ4n) is 2.94. The first-order valence-electron chi connectivity index (χ1n) is 6.56. The first-order chi connectivity index (χ1) is 8.18. The number of nitrogens with one attached hydrogen (secondary N) is 1. The average Bonchev–Trinajstić information content (AvgIpc) is 2.54. The van der Waals surface area contributed by atoms with Crippen molar-refractivity contribution in [3.8, 4) is 0 Å². The Morgan fingerprint density at radius 2 is 2.12 bits per heavy atom. The van der Waals surface area contributed by atoms with E-state index in [9.17, 15) is 9.90 Å². The van der Waals surface area contributed by atoms with Crippen molar-refractivity contribution in [3.05, 3.63) is 0 Å². The second kappa shape index (κ2) is 5.80. The maximum Gasteiger partial charge on any atom is 0.322 e. The number of hydrogen-bond donors (Lipinski definition) is 2. The molecule has 2 saturated heterocycles. The van der Waals surface area contributed by atoms with Crippen LogP contribution >= 0.6 is 0 Å². The SMILES string of the molecule is CN1CCCC(N2CCNCC2C(=O)O)CC1. The lowest BCUT2D eigenvalue weighted by Crippen LogP contribution is -2.58. The number of carbonyl (C=O) groups is 1. The fourth-order valence-corrected chi connectivity index (χ4v) is 2.94. The monoisotopic (exact) mass is 241 g/mol. The first-order valence-corrected chi connectivity index (χ1v) is 6.56. The van der Waals surface area contributed by atoms with Crippen LogP contribution in [0.2, 0.25) is 0 Å². The van der Waals surface area contributed by atoms with Crippen LogP contribution in [0.25, 0.3) is 0 Å². The molecular weight excluding hydrogens is 218 g/mol. The number of carboxylic acid groups (broad SMARTS) is 1. The van der Waals surface area contributed by atoms with Crippen molar-refractivity contribution in [2.45, 2.75) is 31.3 Å². The van der Waals surface area contributed by atoms with Crippen LogP contribution in [-0.4, -0.2) is 72.7 Å². The molecule has 0 saturated carbocycles. The molecule has 98 valence electrons. The molecule has 2 atom stereocenters. The number of aliphatic carboxylic acids is 1. The molecule has 0 aliphatic carbocycles. The standard InChI is InChI=1S/C12H23N3O2/c1-14-6-2-3-10(4-7-14)15-8-5-13-9-11(15)12(16)17/h10-11,13H,2-9H2,1H3,(H,16,17). The van der Waals surface area contributed by atoms with E-state index in [1.54, 1.807) is 0 Å². The van der Waals surface area contributed by atoms with Crippen LogP contribution in [0.1, 0.15) is 19.3 Å². The smallest absolute Gasteiger partial charge is 0.322 e. The summed E-state index contributed by atoms with van der Waals surface area (Å²) in [5.74, 6) is -0.685. The van der Waals surface area contributed by atoms with Crippen molar-refractivity contribution in [3.63, 3.8) is 0 Å². The summed E-state index contributed by atoms with van der Waals surface area (Å²) in [7, 11) is 2.15. The van der Waals surface area contributed by atoms with Gasteiger partial charge in [-0.3, -0.25) is 9.69 Å². The molecule has 2 aliphatic rings. The van der Waals surface area contributed by atoms with Gasteiger partial charge >= 0.3 is 5.97 Å². The second-order valence-corrected chi connectivity index (χ2v) is 5.18. The summed E-state index contributed by atoms with van der Waals surface area (Å²) in [4.78, 5) is 15.8. The average molecular weight is 241 g/mol.